The SMILES string of the molecule is COC(=O)CNC(=O)c1cccc(S(=O)(=O)N2CC(C)OC(C)C2)c1. The number of carbonyl (C=O) groups is 2. The van der Waals surface area contributed by atoms with E-state index in [2.05, 4.69) is 10.1 Å². The first-order chi connectivity index (χ1) is 11.7. The molecule has 1 aromatic carbocycles. The van der Waals surface area contributed by atoms with Gasteiger partial charge in [-0.3, -0.25) is 9.59 Å². The molecule has 138 valence electrons. The molecule has 1 saturated heterocycles. The van der Waals surface area contributed by atoms with Gasteiger partial charge in [0.2, 0.25) is 10.0 Å². The number of hydrogen-bond donors (Lipinski definition) is 1. The van der Waals surface area contributed by atoms with E-state index in [1.54, 1.807) is 0 Å². The van der Waals surface area contributed by atoms with Crippen molar-refractivity contribution < 1.29 is 27.5 Å². The van der Waals surface area contributed by atoms with Crippen LogP contribution in [0.2, 0.25) is 0 Å². The van der Waals surface area contributed by atoms with Crippen LogP contribution >= 0.6 is 0 Å². The third kappa shape index (κ3) is 4.77. The molecule has 8 nitrogen and oxygen atoms in total. The Hall–Kier alpha value is -1.97. The van der Waals surface area contributed by atoms with Crippen molar-refractivity contribution in [3.8, 4) is 0 Å². The summed E-state index contributed by atoms with van der Waals surface area (Å²) in [7, 11) is -2.52. The van der Waals surface area contributed by atoms with E-state index in [0.29, 0.717) is 0 Å². The summed E-state index contributed by atoms with van der Waals surface area (Å²) in [5.41, 5.74) is 0.152. The number of esters is 1. The van der Waals surface area contributed by atoms with E-state index in [4.69, 9.17) is 4.74 Å². The van der Waals surface area contributed by atoms with Crippen molar-refractivity contribution in [1.29, 1.82) is 0 Å². The fourth-order valence-corrected chi connectivity index (χ4v) is 4.24. The third-order valence-corrected chi connectivity index (χ3v) is 5.57. The molecule has 1 aliphatic heterocycles. The summed E-state index contributed by atoms with van der Waals surface area (Å²) in [5, 5.41) is 2.38. The van der Waals surface area contributed by atoms with Gasteiger partial charge in [0, 0.05) is 18.7 Å². The Bertz CT molecular complexity index is 739. The average molecular weight is 370 g/mol. The molecule has 1 fully saturated rings. The van der Waals surface area contributed by atoms with Crippen LogP contribution in [-0.4, -0.2) is 63.6 Å². The van der Waals surface area contributed by atoms with E-state index in [0.717, 1.165) is 0 Å². The van der Waals surface area contributed by atoms with Crippen molar-refractivity contribution in [2.75, 3.05) is 26.7 Å². The number of morpholine rings is 1. The smallest absolute Gasteiger partial charge is 0.325 e. The number of rotatable bonds is 5. The van der Waals surface area contributed by atoms with Gasteiger partial charge in [-0.1, -0.05) is 6.07 Å². The highest BCUT2D eigenvalue weighted by molar-refractivity contribution is 7.89. The van der Waals surface area contributed by atoms with Crippen LogP contribution in [-0.2, 0) is 24.3 Å². The standard InChI is InChI=1S/C16H22N2O6S/c1-11-9-18(10-12(2)24-11)25(21,22)14-6-4-5-13(7-14)16(20)17-8-15(19)23-3/h4-7,11-12H,8-10H2,1-3H3,(H,17,20). The molecule has 2 rings (SSSR count). The van der Waals surface area contributed by atoms with Gasteiger partial charge in [-0.05, 0) is 32.0 Å². The van der Waals surface area contributed by atoms with Crippen LogP contribution in [0.4, 0.5) is 0 Å². The van der Waals surface area contributed by atoms with E-state index >= 15 is 0 Å². The molecule has 1 aliphatic rings. The summed E-state index contributed by atoms with van der Waals surface area (Å²) in [4.78, 5) is 23.2. The van der Waals surface area contributed by atoms with Crippen molar-refractivity contribution in [1.82, 2.24) is 9.62 Å². The van der Waals surface area contributed by atoms with Crippen molar-refractivity contribution in [2.45, 2.75) is 31.0 Å². The second kappa shape index (κ2) is 7.94. The molecule has 1 N–H and O–H groups in total. The average Bonchev–Trinajstić information content (AvgIpc) is 2.58. The number of nitrogens with zero attached hydrogens (tertiary/aromatic N) is 1. The van der Waals surface area contributed by atoms with E-state index in [1.165, 1.54) is 35.7 Å². The van der Waals surface area contributed by atoms with Crippen molar-refractivity contribution in [3.05, 3.63) is 29.8 Å². The first kappa shape index (κ1) is 19.4. The van der Waals surface area contributed by atoms with Crippen LogP contribution < -0.4 is 5.32 Å². The van der Waals surface area contributed by atoms with Crippen molar-refractivity contribution in [3.63, 3.8) is 0 Å². The second-order valence-corrected chi connectivity index (χ2v) is 7.80. The van der Waals surface area contributed by atoms with Gasteiger partial charge in [-0.15, -0.1) is 0 Å². The molecule has 2 unspecified atom stereocenters. The van der Waals surface area contributed by atoms with Gasteiger partial charge in [-0.2, -0.15) is 4.31 Å². The summed E-state index contributed by atoms with van der Waals surface area (Å²) in [6, 6.07) is 5.72. The zero-order chi connectivity index (χ0) is 18.6. The van der Waals surface area contributed by atoms with E-state index in [-0.39, 0.29) is 42.3 Å². The predicted octanol–water partition coefficient (Wildman–Crippen LogP) is 0.387. The minimum Gasteiger partial charge on any atom is -0.468 e. The lowest BCUT2D eigenvalue weighted by Gasteiger charge is -2.34. The van der Waals surface area contributed by atoms with Crippen LogP contribution in [0.5, 0.6) is 0 Å². The molecule has 1 amide bonds. The lowest BCUT2D eigenvalue weighted by atomic mass is 10.2. The largest absolute Gasteiger partial charge is 0.468 e. The molecule has 0 radical (unpaired) electrons. The fraction of sp³-hybridized carbons (Fsp3) is 0.500. The number of methoxy groups -OCH3 is 1. The minimum atomic E-state index is -3.74. The molecular formula is C16H22N2O6S. The van der Waals surface area contributed by atoms with Crippen LogP contribution in [0.15, 0.2) is 29.2 Å². The number of amides is 1. The number of sulfonamides is 1. The zero-order valence-corrected chi connectivity index (χ0v) is 15.2. The van der Waals surface area contributed by atoms with Gasteiger partial charge < -0.3 is 14.8 Å². The van der Waals surface area contributed by atoms with Gasteiger partial charge in [0.05, 0.1) is 24.2 Å². The number of nitrogens with one attached hydrogen (secondary N) is 1. The molecular weight excluding hydrogens is 348 g/mol. The maximum Gasteiger partial charge on any atom is 0.325 e. The number of benzene rings is 1. The van der Waals surface area contributed by atoms with Crippen LogP contribution in [0.25, 0.3) is 0 Å². The van der Waals surface area contributed by atoms with Crippen LogP contribution in [0.1, 0.15) is 24.2 Å². The van der Waals surface area contributed by atoms with E-state index < -0.39 is 21.9 Å². The van der Waals surface area contributed by atoms with Gasteiger partial charge >= 0.3 is 5.97 Å². The molecule has 1 aromatic rings. The quantitative estimate of drug-likeness (QED) is 0.752. The minimum absolute atomic E-state index is 0.0273. The van der Waals surface area contributed by atoms with Crippen LogP contribution in [0.3, 0.4) is 0 Å². The highest BCUT2D eigenvalue weighted by atomic mass is 32.2. The Morgan fingerprint density at radius 2 is 1.92 bits per heavy atom. The van der Waals surface area contributed by atoms with Crippen molar-refractivity contribution >= 4 is 21.9 Å². The number of carbonyl (C=O) groups excluding carboxylic acids is 2. The Balaban J connectivity index is 2.19. The molecule has 0 bridgehead atoms. The Labute approximate surface area is 147 Å². The Morgan fingerprint density at radius 3 is 2.52 bits per heavy atom. The van der Waals surface area contributed by atoms with Gasteiger partial charge in [0.15, 0.2) is 0 Å². The molecule has 0 aliphatic carbocycles. The first-order valence-corrected chi connectivity index (χ1v) is 9.28. The molecule has 0 aromatic heterocycles. The maximum atomic E-state index is 12.8. The summed E-state index contributed by atoms with van der Waals surface area (Å²) < 4.78 is 37.0. The highest BCUT2D eigenvalue weighted by Crippen LogP contribution is 2.21. The molecule has 2 atom stereocenters. The van der Waals surface area contributed by atoms with Gasteiger partial charge in [0.25, 0.3) is 5.91 Å². The Kier molecular flexibility index (Phi) is 6.15. The maximum absolute atomic E-state index is 12.8. The molecule has 9 heteroatoms. The lowest BCUT2D eigenvalue weighted by Crippen LogP contribution is -2.48. The third-order valence-electron chi connectivity index (χ3n) is 3.74. The summed E-state index contributed by atoms with van der Waals surface area (Å²) in [6.07, 6.45) is -0.407. The summed E-state index contributed by atoms with van der Waals surface area (Å²) in [5.74, 6) is -1.14. The second-order valence-electron chi connectivity index (χ2n) is 5.87. The summed E-state index contributed by atoms with van der Waals surface area (Å²) in [6.45, 7) is 3.85. The topological polar surface area (TPSA) is 102 Å². The van der Waals surface area contributed by atoms with E-state index in [1.807, 2.05) is 13.8 Å². The zero-order valence-electron chi connectivity index (χ0n) is 14.4. The monoisotopic (exact) mass is 370 g/mol. The first-order valence-electron chi connectivity index (χ1n) is 7.84. The van der Waals surface area contributed by atoms with Gasteiger partial charge in [0.1, 0.15) is 6.54 Å². The van der Waals surface area contributed by atoms with Crippen LogP contribution in [0, 0.1) is 0 Å². The molecule has 1 heterocycles. The molecule has 25 heavy (non-hydrogen) atoms. The lowest BCUT2D eigenvalue weighted by molar-refractivity contribution is -0.139. The number of ether oxygens (including phenoxy) is 2. The Morgan fingerprint density at radius 1 is 1.28 bits per heavy atom. The van der Waals surface area contributed by atoms with Gasteiger partial charge in [-0.25, -0.2) is 8.42 Å². The fourth-order valence-electron chi connectivity index (χ4n) is 2.60. The normalized spacial score (nSPS) is 21.6. The number of hydrogen-bond acceptors (Lipinski definition) is 6. The summed E-state index contributed by atoms with van der Waals surface area (Å²) >= 11 is 0. The molecule has 0 saturated carbocycles. The molecule has 0 spiro atoms. The highest BCUT2D eigenvalue weighted by Gasteiger charge is 2.32. The van der Waals surface area contributed by atoms with E-state index in [9.17, 15) is 18.0 Å². The predicted molar refractivity (Wildman–Crippen MR) is 89.6 cm³/mol. The van der Waals surface area contributed by atoms with Crippen molar-refractivity contribution in [2.24, 2.45) is 0 Å².